The number of aromatic nitrogens is 1. The fourth-order valence-electron chi connectivity index (χ4n) is 1.80. The standard InChI is InChI=1S/C14H9Cl2NS/c15-8-9-5-6-12-13(7-9)18-14(17-12)10-3-1-2-4-11(10)16/h1-7H,8H2. The molecule has 0 saturated carbocycles. The van der Waals surface area contributed by atoms with Crippen LogP contribution in [0.3, 0.4) is 0 Å². The molecule has 0 radical (unpaired) electrons. The summed E-state index contributed by atoms with van der Waals surface area (Å²) in [6, 6.07) is 13.9. The maximum atomic E-state index is 6.19. The van der Waals surface area contributed by atoms with Gasteiger partial charge in [-0.1, -0.05) is 35.9 Å². The number of fused-ring (bicyclic) bond motifs is 1. The van der Waals surface area contributed by atoms with Crippen LogP contribution in [0.1, 0.15) is 5.56 Å². The molecule has 1 aromatic heterocycles. The van der Waals surface area contributed by atoms with Crippen molar-refractivity contribution in [1.29, 1.82) is 0 Å². The van der Waals surface area contributed by atoms with Crippen molar-refractivity contribution in [3.05, 3.63) is 53.1 Å². The van der Waals surface area contributed by atoms with E-state index in [1.165, 1.54) is 0 Å². The van der Waals surface area contributed by atoms with Crippen molar-refractivity contribution in [3.63, 3.8) is 0 Å². The third-order valence-corrected chi connectivity index (χ3v) is 4.40. The molecule has 0 fully saturated rings. The molecule has 18 heavy (non-hydrogen) atoms. The molecule has 0 bridgehead atoms. The molecule has 1 nitrogen and oxygen atoms in total. The lowest BCUT2D eigenvalue weighted by atomic mass is 10.2. The highest BCUT2D eigenvalue weighted by Crippen LogP contribution is 2.34. The van der Waals surface area contributed by atoms with Crippen LogP contribution < -0.4 is 0 Å². The van der Waals surface area contributed by atoms with Crippen LogP contribution in [0.4, 0.5) is 0 Å². The number of alkyl halides is 1. The zero-order valence-electron chi connectivity index (χ0n) is 9.36. The van der Waals surface area contributed by atoms with Crippen LogP contribution in [0.5, 0.6) is 0 Å². The summed E-state index contributed by atoms with van der Waals surface area (Å²) in [6.07, 6.45) is 0. The van der Waals surface area contributed by atoms with Crippen molar-refractivity contribution < 1.29 is 0 Å². The van der Waals surface area contributed by atoms with E-state index in [0.29, 0.717) is 5.88 Å². The Labute approximate surface area is 119 Å². The van der Waals surface area contributed by atoms with Crippen molar-refractivity contribution in [3.8, 4) is 10.6 Å². The van der Waals surface area contributed by atoms with Gasteiger partial charge >= 0.3 is 0 Å². The average molecular weight is 294 g/mol. The molecule has 1 heterocycles. The minimum atomic E-state index is 0.523. The molecule has 0 aliphatic heterocycles. The van der Waals surface area contributed by atoms with Crippen molar-refractivity contribution in [1.82, 2.24) is 4.98 Å². The lowest BCUT2D eigenvalue weighted by Gasteiger charge is -1.97. The smallest absolute Gasteiger partial charge is 0.126 e. The SMILES string of the molecule is ClCc1ccc2nc(-c3ccccc3Cl)sc2c1. The Bertz CT molecular complexity index is 706. The Morgan fingerprint density at radius 2 is 1.94 bits per heavy atom. The van der Waals surface area contributed by atoms with E-state index >= 15 is 0 Å². The predicted octanol–water partition coefficient (Wildman–Crippen LogP) is 5.36. The van der Waals surface area contributed by atoms with Crippen molar-refractivity contribution >= 4 is 44.8 Å². The number of hydrogen-bond acceptors (Lipinski definition) is 2. The van der Waals surface area contributed by atoms with Crippen LogP contribution >= 0.6 is 34.5 Å². The zero-order chi connectivity index (χ0) is 12.5. The highest BCUT2D eigenvalue weighted by atomic mass is 35.5. The van der Waals surface area contributed by atoms with E-state index < -0.39 is 0 Å². The molecule has 3 rings (SSSR count). The highest BCUT2D eigenvalue weighted by molar-refractivity contribution is 7.21. The summed E-state index contributed by atoms with van der Waals surface area (Å²) in [5, 5.41) is 1.68. The highest BCUT2D eigenvalue weighted by Gasteiger charge is 2.09. The summed E-state index contributed by atoms with van der Waals surface area (Å²) >= 11 is 13.7. The largest absolute Gasteiger partial charge is 0.236 e. The molecule has 0 spiro atoms. The van der Waals surface area contributed by atoms with E-state index in [4.69, 9.17) is 23.2 Å². The van der Waals surface area contributed by atoms with Gasteiger partial charge in [0.25, 0.3) is 0 Å². The van der Waals surface area contributed by atoms with Crippen molar-refractivity contribution in [2.45, 2.75) is 5.88 Å². The summed E-state index contributed by atoms with van der Waals surface area (Å²) in [5.74, 6) is 0.523. The van der Waals surface area contributed by atoms with Crippen LogP contribution in [-0.2, 0) is 5.88 Å². The Morgan fingerprint density at radius 1 is 1.11 bits per heavy atom. The molecule has 90 valence electrons. The van der Waals surface area contributed by atoms with Crippen molar-refractivity contribution in [2.75, 3.05) is 0 Å². The molecule has 0 atom stereocenters. The maximum Gasteiger partial charge on any atom is 0.126 e. The van der Waals surface area contributed by atoms with Gasteiger partial charge in [-0.15, -0.1) is 22.9 Å². The van der Waals surface area contributed by atoms with Gasteiger partial charge in [-0.2, -0.15) is 0 Å². The quantitative estimate of drug-likeness (QED) is 0.580. The third-order valence-electron chi connectivity index (χ3n) is 2.71. The van der Waals surface area contributed by atoms with E-state index in [2.05, 4.69) is 11.1 Å². The van der Waals surface area contributed by atoms with Gasteiger partial charge in [-0.05, 0) is 23.8 Å². The Balaban J connectivity index is 2.17. The second-order valence-corrected chi connectivity index (χ2v) is 5.64. The summed E-state index contributed by atoms with van der Waals surface area (Å²) in [4.78, 5) is 4.61. The first kappa shape index (κ1) is 12.0. The molecule has 0 amide bonds. The number of hydrogen-bond donors (Lipinski definition) is 0. The van der Waals surface area contributed by atoms with Gasteiger partial charge in [-0.3, -0.25) is 0 Å². The topological polar surface area (TPSA) is 12.9 Å². The van der Waals surface area contributed by atoms with Gasteiger partial charge in [0.1, 0.15) is 5.01 Å². The molecular weight excluding hydrogens is 285 g/mol. The molecular formula is C14H9Cl2NS. The summed E-state index contributed by atoms with van der Waals surface area (Å²) in [5.41, 5.74) is 3.08. The van der Waals surface area contributed by atoms with E-state index in [0.717, 1.165) is 31.4 Å². The lowest BCUT2D eigenvalue weighted by Crippen LogP contribution is -1.77. The number of benzene rings is 2. The maximum absolute atomic E-state index is 6.19. The lowest BCUT2D eigenvalue weighted by molar-refractivity contribution is 1.41. The average Bonchev–Trinajstić information content (AvgIpc) is 2.81. The third kappa shape index (κ3) is 2.12. The molecule has 0 N–H and O–H groups in total. The normalized spacial score (nSPS) is 11.0. The van der Waals surface area contributed by atoms with Crippen LogP contribution in [-0.4, -0.2) is 4.98 Å². The molecule has 2 aromatic carbocycles. The summed E-state index contributed by atoms with van der Waals surface area (Å²) in [6.45, 7) is 0. The van der Waals surface area contributed by atoms with E-state index in [9.17, 15) is 0 Å². The second kappa shape index (κ2) is 4.88. The van der Waals surface area contributed by atoms with Crippen LogP contribution in [0, 0.1) is 0 Å². The van der Waals surface area contributed by atoms with Gasteiger partial charge in [0.2, 0.25) is 0 Å². The Kier molecular flexibility index (Phi) is 3.25. The molecule has 0 aliphatic rings. The summed E-state index contributed by atoms with van der Waals surface area (Å²) < 4.78 is 1.14. The fourth-order valence-corrected chi connectivity index (χ4v) is 3.32. The Morgan fingerprint density at radius 3 is 2.72 bits per heavy atom. The zero-order valence-corrected chi connectivity index (χ0v) is 11.7. The second-order valence-electron chi connectivity index (χ2n) is 3.93. The van der Waals surface area contributed by atoms with Crippen LogP contribution in [0.25, 0.3) is 20.8 Å². The minimum Gasteiger partial charge on any atom is -0.236 e. The number of nitrogens with zero attached hydrogens (tertiary/aromatic N) is 1. The van der Waals surface area contributed by atoms with Gasteiger partial charge in [0.15, 0.2) is 0 Å². The van der Waals surface area contributed by atoms with E-state index in [1.807, 2.05) is 36.4 Å². The number of halogens is 2. The monoisotopic (exact) mass is 293 g/mol. The molecule has 0 unspecified atom stereocenters. The van der Waals surface area contributed by atoms with Crippen LogP contribution in [0.2, 0.25) is 5.02 Å². The first-order valence-corrected chi connectivity index (χ1v) is 7.21. The minimum absolute atomic E-state index is 0.523. The molecule has 3 aromatic rings. The number of rotatable bonds is 2. The van der Waals surface area contributed by atoms with Gasteiger partial charge in [0.05, 0.1) is 15.2 Å². The van der Waals surface area contributed by atoms with Crippen molar-refractivity contribution in [2.24, 2.45) is 0 Å². The van der Waals surface area contributed by atoms with Gasteiger partial charge in [0, 0.05) is 11.4 Å². The molecule has 0 saturated heterocycles. The number of thiazole rings is 1. The van der Waals surface area contributed by atoms with Gasteiger partial charge in [-0.25, -0.2) is 4.98 Å². The fraction of sp³-hybridized carbons (Fsp3) is 0.0714. The Hall–Kier alpha value is -1.09. The predicted molar refractivity (Wildman–Crippen MR) is 79.6 cm³/mol. The van der Waals surface area contributed by atoms with Gasteiger partial charge < -0.3 is 0 Å². The molecule has 4 heteroatoms. The first-order valence-electron chi connectivity index (χ1n) is 5.48. The van der Waals surface area contributed by atoms with E-state index in [-0.39, 0.29) is 0 Å². The first-order chi connectivity index (χ1) is 8.78. The van der Waals surface area contributed by atoms with Crippen LogP contribution in [0.15, 0.2) is 42.5 Å². The summed E-state index contributed by atoms with van der Waals surface area (Å²) in [7, 11) is 0. The van der Waals surface area contributed by atoms with E-state index in [1.54, 1.807) is 11.3 Å². The molecule has 0 aliphatic carbocycles.